The lowest BCUT2D eigenvalue weighted by molar-refractivity contribution is 0.198. The second kappa shape index (κ2) is 5.01. The minimum atomic E-state index is 0.328. The zero-order valence-corrected chi connectivity index (χ0v) is 7.69. The molecule has 66 valence electrons. The van der Waals surface area contributed by atoms with Crippen LogP contribution in [-0.4, -0.2) is 30.6 Å². The summed E-state index contributed by atoms with van der Waals surface area (Å²) in [7, 11) is 0. The van der Waals surface area contributed by atoms with Crippen LogP contribution in [0.1, 0.15) is 12.8 Å². The Balaban J connectivity index is 2.31. The van der Waals surface area contributed by atoms with Crippen molar-refractivity contribution < 1.29 is 5.11 Å². The first-order chi connectivity index (χ1) is 5.38. The molecule has 0 bridgehead atoms. The van der Waals surface area contributed by atoms with Gasteiger partial charge in [-0.25, -0.2) is 0 Å². The average Bonchev–Trinajstić information content (AvgIpc) is 2.06. The lowest BCUT2D eigenvalue weighted by atomic mass is 9.85. The van der Waals surface area contributed by atoms with E-state index in [1.165, 1.54) is 6.42 Å². The molecule has 2 nitrogen and oxygen atoms in total. The van der Waals surface area contributed by atoms with Gasteiger partial charge >= 0.3 is 0 Å². The maximum atomic E-state index is 8.79. The summed E-state index contributed by atoms with van der Waals surface area (Å²) in [6.07, 6.45) is 2.15. The van der Waals surface area contributed by atoms with Crippen molar-refractivity contribution in [1.29, 1.82) is 0 Å². The summed E-state index contributed by atoms with van der Waals surface area (Å²) in [6.45, 7) is 2.51. The van der Waals surface area contributed by atoms with Gasteiger partial charge in [-0.2, -0.15) is 12.6 Å². The van der Waals surface area contributed by atoms with Crippen LogP contribution in [0.4, 0.5) is 0 Å². The van der Waals surface area contributed by atoms with Crippen LogP contribution < -0.4 is 5.32 Å². The van der Waals surface area contributed by atoms with Gasteiger partial charge in [0, 0.05) is 6.61 Å². The molecule has 1 aliphatic heterocycles. The second-order valence-corrected chi connectivity index (χ2v) is 3.57. The van der Waals surface area contributed by atoms with Gasteiger partial charge in [0.2, 0.25) is 0 Å². The molecule has 0 aromatic carbocycles. The topological polar surface area (TPSA) is 32.3 Å². The molecule has 0 aliphatic carbocycles. The molecule has 0 aromatic rings. The molecule has 1 rings (SSSR count). The Bertz CT molecular complexity index is 108. The Morgan fingerprint density at radius 3 is 2.91 bits per heavy atom. The summed E-state index contributed by atoms with van der Waals surface area (Å²) in [5, 5.41) is 12.1. The van der Waals surface area contributed by atoms with Gasteiger partial charge in [0.15, 0.2) is 0 Å². The third-order valence-electron chi connectivity index (χ3n) is 2.50. The maximum Gasteiger partial charge on any atom is 0.0433 e. The monoisotopic (exact) mass is 175 g/mol. The number of thiol groups is 1. The Kier molecular flexibility index (Phi) is 4.26. The smallest absolute Gasteiger partial charge is 0.0433 e. The molecule has 1 heterocycles. The van der Waals surface area contributed by atoms with Crippen LogP contribution in [0, 0.1) is 11.8 Å². The summed E-state index contributed by atoms with van der Waals surface area (Å²) < 4.78 is 0. The Morgan fingerprint density at radius 1 is 1.45 bits per heavy atom. The molecule has 1 fully saturated rings. The highest BCUT2D eigenvalue weighted by molar-refractivity contribution is 7.80. The lowest BCUT2D eigenvalue weighted by Crippen LogP contribution is -2.37. The van der Waals surface area contributed by atoms with Crippen molar-refractivity contribution in [3.05, 3.63) is 0 Å². The average molecular weight is 175 g/mol. The molecular weight excluding hydrogens is 158 g/mol. The third-order valence-corrected chi connectivity index (χ3v) is 2.97. The summed E-state index contributed by atoms with van der Waals surface area (Å²) >= 11 is 4.29. The van der Waals surface area contributed by atoms with E-state index in [-0.39, 0.29) is 0 Å². The van der Waals surface area contributed by atoms with Gasteiger partial charge < -0.3 is 10.4 Å². The van der Waals surface area contributed by atoms with Crippen LogP contribution in [0.5, 0.6) is 0 Å². The standard InChI is InChI=1S/C8H17NOS/c10-4-2-7-1-3-9-5-8(7)6-11/h7-11H,1-6H2. The number of piperidine rings is 1. The fourth-order valence-electron chi connectivity index (χ4n) is 1.74. The van der Waals surface area contributed by atoms with Crippen LogP contribution in [-0.2, 0) is 0 Å². The largest absolute Gasteiger partial charge is 0.396 e. The molecule has 0 aromatic heterocycles. The van der Waals surface area contributed by atoms with Crippen molar-refractivity contribution in [2.24, 2.45) is 11.8 Å². The molecule has 0 saturated carbocycles. The fraction of sp³-hybridized carbons (Fsp3) is 1.00. The van der Waals surface area contributed by atoms with E-state index in [0.717, 1.165) is 25.3 Å². The molecular formula is C8H17NOS. The zero-order valence-electron chi connectivity index (χ0n) is 6.79. The van der Waals surface area contributed by atoms with E-state index in [9.17, 15) is 0 Å². The van der Waals surface area contributed by atoms with E-state index < -0.39 is 0 Å². The first kappa shape index (κ1) is 9.36. The molecule has 2 N–H and O–H groups in total. The van der Waals surface area contributed by atoms with Gasteiger partial charge in [0.05, 0.1) is 0 Å². The predicted octanol–water partition coefficient (Wildman–Crippen LogP) is 0.524. The molecule has 0 spiro atoms. The van der Waals surface area contributed by atoms with E-state index in [0.29, 0.717) is 18.4 Å². The molecule has 1 saturated heterocycles. The van der Waals surface area contributed by atoms with Crippen LogP contribution in [0.3, 0.4) is 0 Å². The van der Waals surface area contributed by atoms with Gasteiger partial charge in [-0.15, -0.1) is 0 Å². The fourth-order valence-corrected chi connectivity index (χ4v) is 2.16. The summed E-state index contributed by atoms with van der Waals surface area (Å²) in [5.41, 5.74) is 0. The van der Waals surface area contributed by atoms with Crippen LogP contribution in [0.25, 0.3) is 0 Å². The highest BCUT2D eigenvalue weighted by atomic mass is 32.1. The normalized spacial score (nSPS) is 32.2. The Morgan fingerprint density at radius 2 is 2.27 bits per heavy atom. The van der Waals surface area contributed by atoms with E-state index >= 15 is 0 Å². The highest BCUT2D eigenvalue weighted by Crippen LogP contribution is 2.22. The summed E-state index contributed by atoms with van der Waals surface area (Å²) in [4.78, 5) is 0. The van der Waals surface area contributed by atoms with Gasteiger partial charge in [-0.1, -0.05) is 0 Å². The van der Waals surface area contributed by atoms with Gasteiger partial charge in [0.1, 0.15) is 0 Å². The molecule has 1 aliphatic rings. The molecule has 0 amide bonds. The first-order valence-corrected chi connectivity index (χ1v) is 4.94. The molecule has 2 unspecified atom stereocenters. The Labute approximate surface area is 73.8 Å². The van der Waals surface area contributed by atoms with Crippen LogP contribution >= 0.6 is 12.6 Å². The van der Waals surface area contributed by atoms with Gasteiger partial charge in [-0.05, 0) is 43.5 Å². The van der Waals surface area contributed by atoms with Crippen molar-refractivity contribution in [3.63, 3.8) is 0 Å². The number of aliphatic hydroxyl groups excluding tert-OH is 1. The van der Waals surface area contributed by atoms with Crippen molar-refractivity contribution in [2.45, 2.75) is 12.8 Å². The number of nitrogens with one attached hydrogen (secondary N) is 1. The summed E-state index contributed by atoms with van der Waals surface area (Å²) in [5.74, 6) is 2.30. The van der Waals surface area contributed by atoms with E-state index in [1.54, 1.807) is 0 Å². The SMILES string of the molecule is OCCC1CCNCC1CS. The highest BCUT2D eigenvalue weighted by Gasteiger charge is 2.22. The minimum absolute atomic E-state index is 0.328. The van der Waals surface area contributed by atoms with Crippen molar-refractivity contribution in [2.75, 3.05) is 25.4 Å². The number of hydrogen-bond donors (Lipinski definition) is 3. The second-order valence-electron chi connectivity index (χ2n) is 3.21. The van der Waals surface area contributed by atoms with E-state index in [2.05, 4.69) is 17.9 Å². The van der Waals surface area contributed by atoms with Crippen molar-refractivity contribution in [3.8, 4) is 0 Å². The Hall–Kier alpha value is 0.270. The van der Waals surface area contributed by atoms with Crippen LogP contribution in [0.15, 0.2) is 0 Å². The van der Waals surface area contributed by atoms with Crippen molar-refractivity contribution in [1.82, 2.24) is 5.32 Å². The molecule has 3 heteroatoms. The molecule has 11 heavy (non-hydrogen) atoms. The lowest BCUT2D eigenvalue weighted by Gasteiger charge is -2.30. The maximum absolute atomic E-state index is 8.79. The number of aliphatic hydroxyl groups is 1. The van der Waals surface area contributed by atoms with Crippen molar-refractivity contribution >= 4 is 12.6 Å². The summed E-state index contributed by atoms with van der Waals surface area (Å²) in [6, 6.07) is 0. The zero-order chi connectivity index (χ0) is 8.10. The van der Waals surface area contributed by atoms with E-state index in [4.69, 9.17) is 5.11 Å². The van der Waals surface area contributed by atoms with Crippen LogP contribution in [0.2, 0.25) is 0 Å². The quantitative estimate of drug-likeness (QED) is 0.547. The first-order valence-electron chi connectivity index (χ1n) is 4.31. The minimum Gasteiger partial charge on any atom is -0.396 e. The number of rotatable bonds is 3. The number of hydrogen-bond acceptors (Lipinski definition) is 3. The third kappa shape index (κ3) is 2.65. The van der Waals surface area contributed by atoms with Gasteiger partial charge in [0.25, 0.3) is 0 Å². The van der Waals surface area contributed by atoms with E-state index in [1.807, 2.05) is 0 Å². The molecule has 0 radical (unpaired) electrons. The molecule has 2 atom stereocenters. The predicted molar refractivity (Wildman–Crippen MR) is 50.0 cm³/mol. The van der Waals surface area contributed by atoms with Gasteiger partial charge in [-0.3, -0.25) is 0 Å².